The Morgan fingerprint density at radius 2 is 1.95 bits per heavy atom. The van der Waals surface area contributed by atoms with E-state index in [1.165, 1.54) is 0 Å². The van der Waals surface area contributed by atoms with Gasteiger partial charge < -0.3 is 15.1 Å². The molecule has 0 aliphatic carbocycles. The van der Waals surface area contributed by atoms with E-state index in [9.17, 15) is 9.90 Å². The molecular weight excluding hydrogens is 256 g/mol. The quantitative estimate of drug-likeness (QED) is 0.631. The van der Waals surface area contributed by atoms with Crippen molar-refractivity contribution in [3.05, 3.63) is 66.2 Å². The summed E-state index contributed by atoms with van der Waals surface area (Å²) in [4.78, 5) is 15.8. The Morgan fingerprint density at radius 1 is 1.20 bits per heavy atom. The molecule has 2 aliphatic rings. The molecule has 1 atom stereocenters. The van der Waals surface area contributed by atoms with Crippen molar-refractivity contribution >= 4 is 11.6 Å². The van der Waals surface area contributed by atoms with Crippen LogP contribution in [0.2, 0.25) is 0 Å². The number of rotatable bonds is 2. The summed E-state index contributed by atoms with van der Waals surface area (Å²) >= 11 is 0. The minimum atomic E-state index is -0.565. The fourth-order valence-electron chi connectivity index (χ4n) is 2.45. The number of anilines is 1. The smallest absolute Gasteiger partial charge is 0.280 e. The van der Waals surface area contributed by atoms with Crippen molar-refractivity contribution in [1.82, 2.24) is 4.90 Å². The normalized spacial score (nSPS) is 23.2. The standard InChI is InChI=1S/C15H14N2O3/c18-10-12(19)14-15(20)17(11-6-2-1-3-7-11)13-8-4-5-9-16(13)14/h1-9,13,18-19H,10H2. The maximum Gasteiger partial charge on any atom is 0.280 e. The minimum absolute atomic E-state index is 0.113. The Balaban J connectivity index is 2.11. The van der Waals surface area contributed by atoms with Gasteiger partial charge in [0.15, 0.2) is 0 Å². The van der Waals surface area contributed by atoms with Crippen LogP contribution in [0.25, 0.3) is 0 Å². The van der Waals surface area contributed by atoms with E-state index < -0.39 is 6.61 Å². The zero-order valence-corrected chi connectivity index (χ0v) is 10.7. The van der Waals surface area contributed by atoms with E-state index in [-0.39, 0.29) is 23.5 Å². The predicted molar refractivity (Wildman–Crippen MR) is 74.6 cm³/mol. The summed E-state index contributed by atoms with van der Waals surface area (Å²) in [6.45, 7) is -0.565. The lowest BCUT2D eigenvalue weighted by atomic mass is 10.2. The van der Waals surface area contributed by atoms with Crippen LogP contribution >= 0.6 is 0 Å². The molecule has 1 unspecified atom stereocenters. The molecule has 5 heteroatoms. The van der Waals surface area contributed by atoms with Gasteiger partial charge in [0.1, 0.15) is 24.2 Å². The maximum atomic E-state index is 12.6. The third-order valence-corrected chi connectivity index (χ3v) is 3.33. The average Bonchev–Trinajstić information content (AvgIpc) is 2.79. The lowest BCUT2D eigenvalue weighted by molar-refractivity contribution is -0.114. The molecule has 2 heterocycles. The lowest BCUT2D eigenvalue weighted by Crippen LogP contribution is -2.36. The molecule has 0 saturated carbocycles. The van der Waals surface area contributed by atoms with Crippen molar-refractivity contribution in [3.8, 4) is 0 Å². The Hall–Kier alpha value is -2.53. The maximum absolute atomic E-state index is 12.6. The molecule has 2 N–H and O–H groups in total. The van der Waals surface area contributed by atoms with Crippen LogP contribution in [0, 0.1) is 0 Å². The lowest BCUT2D eigenvalue weighted by Gasteiger charge is -2.27. The van der Waals surface area contributed by atoms with Crippen LogP contribution in [0.15, 0.2) is 66.2 Å². The third-order valence-electron chi connectivity index (χ3n) is 3.33. The number of aliphatic hydroxyl groups is 2. The number of para-hydroxylation sites is 1. The Labute approximate surface area is 116 Å². The van der Waals surface area contributed by atoms with Gasteiger partial charge in [-0.3, -0.25) is 9.69 Å². The highest BCUT2D eigenvalue weighted by Crippen LogP contribution is 2.34. The number of hydrogen-bond donors (Lipinski definition) is 2. The molecule has 3 rings (SSSR count). The summed E-state index contributed by atoms with van der Waals surface area (Å²) in [6.07, 6.45) is 6.89. The van der Waals surface area contributed by atoms with Crippen LogP contribution in [-0.4, -0.2) is 33.8 Å². The molecule has 1 fully saturated rings. The highest BCUT2D eigenvalue weighted by Gasteiger charge is 2.42. The van der Waals surface area contributed by atoms with Gasteiger partial charge >= 0.3 is 0 Å². The highest BCUT2D eigenvalue weighted by molar-refractivity contribution is 6.09. The number of amides is 1. The molecule has 20 heavy (non-hydrogen) atoms. The molecule has 0 spiro atoms. The van der Waals surface area contributed by atoms with Crippen molar-refractivity contribution < 1.29 is 15.0 Å². The first-order valence-corrected chi connectivity index (χ1v) is 6.29. The van der Waals surface area contributed by atoms with Crippen LogP contribution in [0.5, 0.6) is 0 Å². The summed E-state index contributed by atoms with van der Waals surface area (Å²) in [7, 11) is 0. The number of carbonyl (C=O) groups excluding carboxylic acids is 1. The van der Waals surface area contributed by atoms with Crippen LogP contribution in [0.4, 0.5) is 5.69 Å². The zero-order chi connectivity index (χ0) is 14.1. The Bertz CT molecular complexity index is 619. The van der Waals surface area contributed by atoms with Gasteiger partial charge in [-0.05, 0) is 24.3 Å². The molecule has 0 bridgehead atoms. The Morgan fingerprint density at radius 3 is 2.65 bits per heavy atom. The average molecular weight is 270 g/mol. The summed E-state index contributed by atoms with van der Waals surface area (Å²) in [5.74, 6) is -0.651. The summed E-state index contributed by atoms with van der Waals surface area (Å²) in [6, 6.07) is 9.24. The van der Waals surface area contributed by atoms with Gasteiger partial charge in [-0.1, -0.05) is 24.3 Å². The molecule has 0 aromatic heterocycles. The fourth-order valence-corrected chi connectivity index (χ4v) is 2.45. The monoisotopic (exact) mass is 270 g/mol. The predicted octanol–water partition coefficient (Wildman–Crippen LogP) is 1.51. The van der Waals surface area contributed by atoms with Gasteiger partial charge in [0.2, 0.25) is 0 Å². The van der Waals surface area contributed by atoms with Gasteiger partial charge in [-0.15, -0.1) is 0 Å². The molecule has 1 aromatic rings. The number of fused-ring (bicyclic) bond motifs is 1. The second-order valence-corrected chi connectivity index (χ2v) is 4.51. The molecule has 1 saturated heterocycles. The van der Waals surface area contributed by atoms with Gasteiger partial charge in [0.05, 0.1) is 0 Å². The minimum Gasteiger partial charge on any atom is -0.507 e. The van der Waals surface area contributed by atoms with E-state index in [0.717, 1.165) is 5.69 Å². The topological polar surface area (TPSA) is 64.0 Å². The third kappa shape index (κ3) is 1.80. The number of hydrogen-bond acceptors (Lipinski definition) is 4. The second kappa shape index (κ2) is 4.86. The van der Waals surface area contributed by atoms with Crippen molar-refractivity contribution in [2.75, 3.05) is 11.5 Å². The molecule has 1 amide bonds. The SMILES string of the molecule is O=C1C(=C(O)CO)N2C=CC=CC2N1c1ccccc1. The summed E-state index contributed by atoms with van der Waals surface area (Å²) in [5.41, 5.74) is 0.857. The number of allylic oxidation sites excluding steroid dienone is 2. The number of nitrogens with zero attached hydrogens (tertiary/aromatic N) is 2. The van der Waals surface area contributed by atoms with Crippen LogP contribution in [0.3, 0.4) is 0 Å². The summed E-state index contributed by atoms with van der Waals surface area (Å²) in [5, 5.41) is 18.9. The van der Waals surface area contributed by atoms with E-state index in [2.05, 4.69) is 0 Å². The van der Waals surface area contributed by atoms with Gasteiger partial charge in [0.25, 0.3) is 5.91 Å². The van der Waals surface area contributed by atoms with E-state index in [4.69, 9.17) is 5.11 Å². The zero-order valence-electron chi connectivity index (χ0n) is 10.7. The van der Waals surface area contributed by atoms with E-state index in [1.807, 2.05) is 42.5 Å². The van der Waals surface area contributed by atoms with Crippen molar-refractivity contribution in [2.45, 2.75) is 6.17 Å². The first kappa shape index (κ1) is 12.5. The largest absolute Gasteiger partial charge is 0.507 e. The molecule has 102 valence electrons. The first-order chi connectivity index (χ1) is 9.74. The molecular formula is C15H14N2O3. The van der Waals surface area contributed by atoms with Crippen molar-refractivity contribution in [2.24, 2.45) is 0 Å². The molecule has 0 radical (unpaired) electrons. The van der Waals surface area contributed by atoms with Crippen LogP contribution in [0.1, 0.15) is 0 Å². The van der Waals surface area contributed by atoms with E-state index >= 15 is 0 Å². The highest BCUT2D eigenvalue weighted by atomic mass is 16.3. The van der Waals surface area contributed by atoms with E-state index in [1.54, 1.807) is 22.1 Å². The second-order valence-electron chi connectivity index (χ2n) is 4.51. The number of aliphatic hydroxyl groups excluding tert-OH is 2. The molecule has 1 aromatic carbocycles. The van der Waals surface area contributed by atoms with Gasteiger partial charge in [-0.2, -0.15) is 0 Å². The van der Waals surface area contributed by atoms with Crippen molar-refractivity contribution in [3.63, 3.8) is 0 Å². The van der Waals surface area contributed by atoms with Crippen LogP contribution < -0.4 is 4.90 Å². The fraction of sp³-hybridized carbons (Fsp3) is 0.133. The van der Waals surface area contributed by atoms with E-state index in [0.29, 0.717) is 0 Å². The Kier molecular flexibility index (Phi) is 3.04. The van der Waals surface area contributed by atoms with Gasteiger partial charge in [-0.25, -0.2) is 0 Å². The summed E-state index contributed by atoms with van der Waals surface area (Å²) < 4.78 is 0. The molecule has 2 aliphatic heterocycles. The first-order valence-electron chi connectivity index (χ1n) is 6.29. The number of carbonyl (C=O) groups is 1. The van der Waals surface area contributed by atoms with Crippen molar-refractivity contribution in [1.29, 1.82) is 0 Å². The molecule has 5 nitrogen and oxygen atoms in total. The number of benzene rings is 1. The van der Waals surface area contributed by atoms with Crippen LogP contribution in [-0.2, 0) is 4.79 Å². The van der Waals surface area contributed by atoms with Gasteiger partial charge in [0, 0.05) is 11.9 Å².